The average Bonchev–Trinajstić information content (AvgIpc) is 2.39. The number of allylic oxidation sites excluding steroid dienone is 1. The largest absolute Gasteiger partial charge is 0.333 e. The van der Waals surface area contributed by atoms with Crippen LogP contribution in [-0.2, 0) is 4.79 Å². The highest BCUT2D eigenvalue weighted by Crippen LogP contribution is 2.35. The zero-order valence-electron chi connectivity index (χ0n) is 8.65. The van der Waals surface area contributed by atoms with Gasteiger partial charge in [0.05, 0.1) is 0 Å². The van der Waals surface area contributed by atoms with Crippen molar-refractivity contribution >= 4 is 5.91 Å². The third-order valence-corrected chi connectivity index (χ3v) is 3.33. The molecule has 2 N–H and O–H groups in total. The predicted molar refractivity (Wildman–Crippen MR) is 55.7 cm³/mol. The van der Waals surface area contributed by atoms with Crippen molar-refractivity contribution in [3.05, 3.63) is 12.2 Å². The molecule has 0 aromatic rings. The fourth-order valence-corrected chi connectivity index (χ4v) is 2.81. The van der Waals surface area contributed by atoms with E-state index in [9.17, 15) is 4.79 Å². The van der Waals surface area contributed by atoms with Gasteiger partial charge < -0.3 is 10.6 Å². The Labute approximate surface area is 84.9 Å². The summed E-state index contributed by atoms with van der Waals surface area (Å²) in [5.41, 5.74) is 5.94. The number of rotatable bonds is 1. The second kappa shape index (κ2) is 3.73. The van der Waals surface area contributed by atoms with Gasteiger partial charge in [0.1, 0.15) is 0 Å². The molecule has 3 heteroatoms. The van der Waals surface area contributed by atoms with E-state index in [4.69, 9.17) is 5.73 Å². The normalized spacial score (nSPS) is 36.7. The quantitative estimate of drug-likeness (QED) is 0.634. The molecule has 78 valence electrons. The van der Waals surface area contributed by atoms with E-state index in [0.717, 1.165) is 25.7 Å². The molecule has 2 fully saturated rings. The van der Waals surface area contributed by atoms with E-state index in [1.165, 1.54) is 0 Å². The highest BCUT2D eigenvalue weighted by molar-refractivity contribution is 5.88. The molecule has 3 nitrogen and oxygen atoms in total. The van der Waals surface area contributed by atoms with Crippen molar-refractivity contribution in [2.24, 2.45) is 5.73 Å². The Morgan fingerprint density at radius 2 is 1.93 bits per heavy atom. The molecule has 0 radical (unpaired) electrons. The first kappa shape index (κ1) is 9.71. The molecule has 2 aliphatic rings. The fraction of sp³-hybridized carbons (Fsp3) is 0.727. The lowest BCUT2D eigenvalue weighted by Crippen LogP contribution is -2.49. The van der Waals surface area contributed by atoms with E-state index < -0.39 is 0 Å². The number of nitrogens with zero attached hydrogens (tertiary/aromatic N) is 1. The van der Waals surface area contributed by atoms with Crippen LogP contribution < -0.4 is 5.73 Å². The van der Waals surface area contributed by atoms with Crippen LogP contribution in [0.5, 0.6) is 0 Å². The number of carbonyl (C=O) groups excluding carboxylic acids is 1. The van der Waals surface area contributed by atoms with E-state index in [1.807, 2.05) is 17.9 Å². The number of hydrogen-bond acceptors (Lipinski definition) is 2. The molecule has 0 aliphatic carbocycles. The van der Waals surface area contributed by atoms with Crippen LogP contribution in [0.3, 0.4) is 0 Å². The van der Waals surface area contributed by atoms with Gasteiger partial charge in [-0.2, -0.15) is 0 Å². The lowest BCUT2D eigenvalue weighted by molar-refractivity contribution is -0.130. The van der Waals surface area contributed by atoms with E-state index in [2.05, 4.69) is 0 Å². The maximum atomic E-state index is 11.8. The fourth-order valence-electron chi connectivity index (χ4n) is 2.81. The molecule has 1 amide bonds. The Hall–Kier alpha value is -0.830. The molecule has 2 rings (SSSR count). The SMILES string of the molecule is C/C=C/C(=O)N1[C@@H]2CC[C@H]1CC(N)C2. The van der Waals surface area contributed by atoms with Crippen molar-refractivity contribution in [1.29, 1.82) is 0 Å². The van der Waals surface area contributed by atoms with E-state index in [1.54, 1.807) is 6.08 Å². The number of fused-ring (bicyclic) bond motifs is 2. The second-order valence-corrected chi connectivity index (χ2v) is 4.36. The van der Waals surface area contributed by atoms with Crippen molar-refractivity contribution < 1.29 is 4.79 Å². The van der Waals surface area contributed by atoms with Crippen LogP contribution in [0.4, 0.5) is 0 Å². The minimum atomic E-state index is 0.173. The third kappa shape index (κ3) is 1.57. The summed E-state index contributed by atoms with van der Waals surface area (Å²) in [6.45, 7) is 1.88. The number of nitrogens with two attached hydrogens (primary N) is 1. The van der Waals surface area contributed by atoms with Gasteiger partial charge in [-0.05, 0) is 38.7 Å². The van der Waals surface area contributed by atoms with Crippen LogP contribution in [0, 0.1) is 0 Å². The van der Waals surface area contributed by atoms with Gasteiger partial charge in [-0.1, -0.05) is 6.08 Å². The van der Waals surface area contributed by atoms with Crippen LogP contribution in [0.2, 0.25) is 0 Å². The molecule has 2 bridgehead atoms. The molecule has 0 saturated carbocycles. The standard InChI is InChI=1S/C11H18N2O/c1-2-3-11(14)13-9-4-5-10(13)7-8(12)6-9/h2-3,8-10H,4-7,12H2,1H3/b3-2+/t8?,9-,10+. The topological polar surface area (TPSA) is 46.3 Å². The monoisotopic (exact) mass is 194 g/mol. The van der Waals surface area contributed by atoms with Gasteiger partial charge >= 0.3 is 0 Å². The number of piperidine rings is 1. The van der Waals surface area contributed by atoms with Crippen LogP contribution in [-0.4, -0.2) is 28.9 Å². The van der Waals surface area contributed by atoms with Crippen molar-refractivity contribution in [2.45, 2.75) is 50.7 Å². The highest BCUT2D eigenvalue weighted by Gasteiger charge is 2.41. The Morgan fingerprint density at radius 3 is 2.43 bits per heavy atom. The van der Waals surface area contributed by atoms with Crippen LogP contribution in [0.25, 0.3) is 0 Å². The van der Waals surface area contributed by atoms with Gasteiger partial charge in [0.2, 0.25) is 5.91 Å². The summed E-state index contributed by atoms with van der Waals surface area (Å²) in [4.78, 5) is 13.8. The van der Waals surface area contributed by atoms with Crippen LogP contribution >= 0.6 is 0 Å². The van der Waals surface area contributed by atoms with Crippen molar-refractivity contribution in [3.63, 3.8) is 0 Å². The van der Waals surface area contributed by atoms with E-state index in [0.29, 0.717) is 18.1 Å². The van der Waals surface area contributed by atoms with E-state index >= 15 is 0 Å². The van der Waals surface area contributed by atoms with Gasteiger partial charge in [0, 0.05) is 18.1 Å². The Bertz CT molecular complexity index is 248. The van der Waals surface area contributed by atoms with Gasteiger partial charge in [0.25, 0.3) is 0 Å². The zero-order valence-corrected chi connectivity index (χ0v) is 8.65. The van der Waals surface area contributed by atoms with Gasteiger partial charge in [-0.25, -0.2) is 0 Å². The maximum Gasteiger partial charge on any atom is 0.246 e. The second-order valence-electron chi connectivity index (χ2n) is 4.36. The van der Waals surface area contributed by atoms with Gasteiger partial charge in [-0.3, -0.25) is 4.79 Å². The summed E-state index contributed by atoms with van der Waals surface area (Å²) >= 11 is 0. The lowest BCUT2D eigenvalue weighted by Gasteiger charge is -2.37. The van der Waals surface area contributed by atoms with E-state index in [-0.39, 0.29) is 5.91 Å². The minimum Gasteiger partial charge on any atom is -0.333 e. The van der Waals surface area contributed by atoms with Crippen LogP contribution in [0.15, 0.2) is 12.2 Å². The first-order valence-corrected chi connectivity index (χ1v) is 5.43. The first-order valence-electron chi connectivity index (χ1n) is 5.43. The summed E-state index contributed by atoms with van der Waals surface area (Å²) < 4.78 is 0. The first-order chi connectivity index (χ1) is 6.72. The summed E-state index contributed by atoms with van der Waals surface area (Å²) in [6, 6.07) is 1.13. The summed E-state index contributed by atoms with van der Waals surface area (Å²) in [6.07, 6.45) is 7.74. The molecule has 2 saturated heterocycles. The Morgan fingerprint density at radius 1 is 1.36 bits per heavy atom. The molecule has 0 aromatic carbocycles. The summed E-state index contributed by atoms with van der Waals surface area (Å²) in [7, 11) is 0. The molecule has 0 aromatic heterocycles. The summed E-state index contributed by atoms with van der Waals surface area (Å²) in [5.74, 6) is 0.173. The molecule has 1 unspecified atom stereocenters. The third-order valence-electron chi connectivity index (χ3n) is 3.33. The smallest absolute Gasteiger partial charge is 0.246 e. The lowest BCUT2D eigenvalue weighted by atomic mass is 9.98. The molecule has 14 heavy (non-hydrogen) atoms. The maximum absolute atomic E-state index is 11.8. The number of amides is 1. The number of carbonyl (C=O) groups is 1. The Kier molecular flexibility index (Phi) is 2.59. The molecule has 3 atom stereocenters. The number of hydrogen-bond donors (Lipinski definition) is 1. The molecule has 2 heterocycles. The van der Waals surface area contributed by atoms with Crippen molar-refractivity contribution in [1.82, 2.24) is 4.90 Å². The Balaban J connectivity index is 2.11. The molecular weight excluding hydrogens is 176 g/mol. The molecular formula is C11H18N2O. The van der Waals surface area contributed by atoms with Crippen molar-refractivity contribution in [2.75, 3.05) is 0 Å². The van der Waals surface area contributed by atoms with Crippen LogP contribution in [0.1, 0.15) is 32.6 Å². The predicted octanol–water partition coefficient (Wildman–Crippen LogP) is 1.04. The average molecular weight is 194 g/mol. The zero-order chi connectivity index (χ0) is 10.1. The van der Waals surface area contributed by atoms with Gasteiger partial charge in [-0.15, -0.1) is 0 Å². The van der Waals surface area contributed by atoms with Gasteiger partial charge in [0.15, 0.2) is 0 Å². The molecule has 0 spiro atoms. The molecule has 2 aliphatic heterocycles. The highest BCUT2D eigenvalue weighted by atomic mass is 16.2. The summed E-state index contributed by atoms with van der Waals surface area (Å²) in [5, 5.41) is 0. The minimum absolute atomic E-state index is 0.173. The van der Waals surface area contributed by atoms with Crippen molar-refractivity contribution in [3.8, 4) is 0 Å².